The minimum Gasteiger partial charge on any atom is -0.501 e. The van der Waals surface area contributed by atoms with E-state index in [2.05, 4.69) is 81.0 Å². The molecule has 0 saturated heterocycles. The number of aromatic nitrogens is 2. The fraction of sp³-hybridized carbons (Fsp3) is 0.143. The minimum atomic E-state index is -0.350. The second kappa shape index (κ2) is 11.5. The van der Waals surface area contributed by atoms with Crippen LogP contribution in [0.2, 0.25) is 0 Å². The Labute approximate surface area is 257 Å². The smallest absolute Gasteiger partial charge is 0.121 e. The number of hydrogen-bond acceptors (Lipinski definition) is 4. The van der Waals surface area contributed by atoms with Crippen molar-refractivity contribution in [3.8, 4) is 22.5 Å². The summed E-state index contributed by atoms with van der Waals surface area (Å²) in [6, 6.07) is 21.5. The molecule has 0 atom stereocenters. The molecule has 201 valence electrons. The minimum absolute atomic E-state index is 0. The summed E-state index contributed by atoms with van der Waals surface area (Å²) in [5.41, 5.74) is 8.88. The fourth-order valence-corrected chi connectivity index (χ4v) is 5.63. The van der Waals surface area contributed by atoms with Crippen LogP contribution in [-0.4, -0.2) is 9.97 Å². The van der Waals surface area contributed by atoms with E-state index in [1.54, 1.807) is 17.4 Å². The largest absolute Gasteiger partial charge is 0.501 e. The molecule has 0 amide bonds. The molecule has 5 heteroatoms. The maximum Gasteiger partial charge on any atom is 0.121 e. The van der Waals surface area contributed by atoms with E-state index < -0.39 is 0 Å². The molecule has 0 unspecified atom stereocenters. The summed E-state index contributed by atoms with van der Waals surface area (Å²) in [6.07, 6.45) is 1.59. The van der Waals surface area contributed by atoms with Crippen molar-refractivity contribution in [3.05, 3.63) is 118 Å². The van der Waals surface area contributed by atoms with Gasteiger partial charge < -0.3 is 14.4 Å². The van der Waals surface area contributed by atoms with Gasteiger partial charge in [0, 0.05) is 47.4 Å². The molecule has 40 heavy (non-hydrogen) atoms. The number of aryl methyl sites for hydroxylation is 5. The molecule has 0 N–H and O–H groups in total. The summed E-state index contributed by atoms with van der Waals surface area (Å²) in [7, 11) is 0. The Morgan fingerprint density at radius 2 is 1.70 bits per heavy atom. The monoisotopic (exact) mass is 721 g/mol. The Morgan fingerprint density at radius 1 is 0.850 bits per heavy atom. The van der Waals surface area contributed by atoms with Crippen LogP contribution >= 0.6 is 11.3 Å². The zero-order valence-corrected chi connectivity index (χ0v) is 26.0. The van der Waals surface area contributed by atoms with Gasteiger partial charge in [0.2, 0.25) is 0 Å². The van der Waals surface area contributed by atoms with Gasteiger partial charge in [0.15, 0.2) is 0 Å². The van der Waals surface area contributed by atoms with E-state index in [0.29, 0.717) is 11.1 Å². The maximum absolute atomic E-state index is 8.21. The maximum atomic E-state index is 8.21. The standard InChI is InChI=1S/C21H14NOS.C14H14N.Ir/c1-12-13(2)24-20-11-17-14-6-5-7-15(18-8-3-4-9-22-18)21(14)23-19(17)10-16(12)20;1-10-4-6-13(7-5-10)14-8-11(2)12(3)9-15-14;/h3-6,8-11H,1-2H3;4-6,8-9H,1-3H3;/q2*-1;/i3D,4D,8D,9D;;. The number of nitrogens with zero attached hydrogens (tertiary/aromatic N) is 2. The number of hydrogen-bond donors (Lipinski definition) is 0. The summed E-state index contributed by atoms with van der Waals surface area (Å²) in [6.45, 7) is 10.5. The molecule has 4 aromatic heterocycles. The van der Waals surface area contributed by atoms with E-state index in [4.69, 9.17) is 9.90 Å². The molecule has 0 aliphatic heterocycles. The number of rotatable bonds is 2. The molecule has 0 bridgehead atoms. The van der Waals surface area contributed by atoms with Gasteiger partial charge in [-0.25, -0.2) is 0 Å². The van der Waals surface area contributed by atoms with Crippen molar-refractivity contribution in [3.63, 3.8) is 0 Å². The van der Waals surface area contributed by atoms with Gasteiger partial charge >= 0.3 is 0 Å². The average molecular weight is 721 g/mol. The molecular formula is C35H28IrN2OS-2. The molecule has 3 nitrogen and oxygen atoms in total. The van der Waals surface area contributed by atoms with Crippen molar-refractivity contribution < 1.29 is 30.0 Å². The predicted molar refractivity (Wildman–Crippen MR) is 163 cm³/mol. The third kappa shape index (κ3) is 5.25. The molecule has 0 aliphatic carbocycles. The van der Waals surface area contributed by atoms with E-state index in [0.717, 1.165) is 27.6 Å². The Morgan fingerprint density at radius 3 is 2.48 bits per heavy atom. The van der Waals surface area contributed by atoms with Crippen molar-refractivity contribution in [2.75, 3.05) is 0 Å². The zero-order chi connectivity index (χ0) is 30.6. The summed E-state index contributed by atoms with van der Waals surface area (Å²) >= 11 is 1.75. The second-order valence-electron chi connectivity index (χ2n) is 9.71. The van der Waals surface area contributed by atoms with E-state index in [1.807, 2.05) is 24.4 Å². The molecule has 0 saturated carbocycles. The Hall–Kier alpha value is -3.63. The topological polar surface area (TPSA) is 38.9 Å². The van der Waals surface area contributed by atoms with Crippen LogP contribution in [0.4, 0.5) is 0 Å². The Bertz CT molecular complexity index is 2190. The molecule has 4 heterocycles. The first-order chi connectivity index (χ1) is 20.5. The van der Waals surface area contributed by atoms with Crippen molar-refractivity contribution in [2.45, 2.75) is 34.6 Å². The summed E-state index contributed by atoms with van der Waals surface area (Å²) in [4.78, 5) is 9.77. The van der Waals surface area contributed by atoms with Crippen LogP contribution < -0.4 is 0 Å². The van der Waals surface area contributed by atoms with Crippen molar-refractivity contribution in [1.29, 1.82) is 0 Å². The Kier molecular flexibility index (Phi) is 6.62. The summed E-state index contributed by atoms with van der Waals surface area (Å²) < 4.78 is 39.0. The zero-order valence-electron chi connectivity index (χ0n) is 26.7. The van der Waals surface area contributed by atoms with E-state index in [-0.39, 0.29) is 50.1 Å². The van der Waals surface area contributed by atoms with Gasteiger partial charge in [0.25, 0.3) is 0 Å². The van der Waals surface area contributed by atoms with Gasteiger partial charge in [0.1, 0.15) is 5.58 Å². The Balaban J connectivity index is 0.000000204. The quantitative estimate of drug-likeness (QED) is 0.167. The summed E-state index contributed by atoms with van der Waals surface area (Å²) in [5.74, 6) is 0. The van der Waals surface area contributed by atoms with Crippen LogP contribution in [-0.2, 0) is 20.1 Å². The van der Waals surface area contributed by atoms with Gasteiger partial charge in [-0.3, -0.25) is 0 Å². The van der Waals surface area contributed by atoms with Crippen LogP contribution in [0.1, 0.15) is 32.6 Å². The van der Waals surface area contributed by atoms with Gasteiger partial charge in [-0.15, -0.1) is 64.9 Å². The number of furan rings is 1. The van der Waals surface area contributed by atoms with Gasteiger partial charge in [-0.1, -0.05) is 41.6 Å². The predicted octanol–water partition coefficient (Wildman–Crippen LogP) is 9.75. The third-order valence-electron chi connectivity index (χ3n) is 7.05. The molecule has 0 aliphatic rings. The van der Waals surface area contributed by atoms with E-state index in [1.165, 1.54) is 37.2 Å². The molecule has 0 fully saturated rings. The van der Waals surface area contributed by atoms with Crippen LogP contribution in [0.15, 0.2) is 83.4 Å². The molecule has 0 spiro atoms. The normalized spacial score (nSPS) is 12.3. The van der Waals surface area contributed by atoms with E-state index in [9.17, 15) is 0 Å². The van der Waals surface area contributed by atoms with Gasteiger partial charge in [-0.2, -0.15) is 0 Å². The first kappa shape index (κ1) is 23.1. The van der Waals surface area contributed by atoms with Crippen molar-refractivity contribution in [2.24, 2.45) is 0 Å². The van der Waals surface area contributed by atoms with Crippen LogP contribution in [0.3, 0.4) is 0 Å². The van der Waals surface area contributed by atoms with Crippen LogP contribution in [0.5, 0.6) is 0 Å². The van der Waals surface area contributed by atoms with Crippen molar-refractivity contribution >= 4 is 43.4 Å². The number of benzene rings is 3. The number of fused-ring (bicyclic) bond motifs is 4. The first-order valence-corrected chi connectivity index (χ1v) is 13.5. The van der Waals surface area contributed by atoms with Crippen molar-refractivity contribution in [1.82, 2.24) is 9.97 Å². The van der Waals surface area contributed by atoms with E-state index >= 15 is 0 Å². The molecule has 7 rings (SSSR count). The molecule has 1 radical (unpaired) electrons. The van der Waals surface area contributed by atoms with Gasteiger partial charge in [-0.05, 0) is 73.8 Å². The number of pyridine rings is 2. The molecule has 7 aromatic rings. The SMILES string of the molecule is Cc1c[c-]c(-c2cc(C)c(C)cn2)cc1.[2H]c1nc(-c2[c-]ccc3c2oc2cc4c(C)c(C)sc4cc23)c([2H])c([2H])c1[2H].[Ir]. The fourth-order valence-electron chi connectivity index (χ4n) is 4.53. The number of thiophene rings is 1. The third-order valence-corrected chi connectivity index (χ3v) is 8.22. The molecular weight excluding hydrogens is 689 g/mol. The first-order valence-electron chi connectivity index (χ1n) is 14.7. The molecule has 3 aromatic carbocycles. The van der Waals surface area contributed by atoms with Gasteiger partial charge in [0.05, 0.1) is 11.1 Å². The second-order valence-corrected chi connectivity index (χ2v) is 11.0. The average Bonchev–Trinajstić information content (AvgIpc) is 3.50. The van der Waals surface area contributed by atoms with Crippen LogP contribution in [0, 0.1) is 46.8 Å². The van der Waals surface area contributed by atoms with Crippen LogP contribution in [0.25, 0.3) is 54.5 Å². The summed E-state index contributed by atoms with van der Waals surface area (Å²) in [5, 5.41) is 3.02.